The molecule has 1 fully saturated rings. The number of hydrogen-bond donors (Lipinski definition) is 1. The smallest absolute Gasteiger partial charge is 0.446 e. The van der Waals surface area contributed by atoms with Gasteiger partial charge >= 0.3 is 11.5 Å². The normalized spacial score (nSPS) is 16.7. The highest BCUT2D eigenvalue weighted by Crippen LogP contribution is 2.36. The fourth-order valence-corrected chi connectivity index (χ4v) is 3.00. The van der Waals surface area contributed by atoms with E-state index in [-0.39, 0.29) is 34.2 Å². The Morgan fingerprint density at radius 3 is 2.33 bits per heavy atom. The minimum absolute atomic E-state index is 0.0222. The van der Waals surface area contributed by atoms with Crippen molar-refractivity contribution in [1.29, 1.82) is 0 Å². The molecule has 1 amide bonds. The van der Waals surface area contributed by atoms with Gasteiger partial charge in [0.05, 0.1) is 5.56 Å². The molecule has 1 N–H and O–H groups in total. The third-order valence-corrected chi connectivity index (χ3v) is 4.42. The molecular formula is C16H18F3NO3S. The van der Waals surface area contributed by atoms with Gasteiger partial charge in [0.2, 0.25) is 0 Å². The Balaban J connectivity index is 1.87. The van der Waals surface area contributed by atoms with Gasteiger partial charge in [0.1, 0.15) is 0 Å². The van der Waals surface area contributed by atoms with E-state index >= 15 is 0 Å². The zero-order valence-corrected chi connectivity index (χ0v) is 13.9. The van der Waals surface area contributed by atoms with Gasteiger partial charge in [-0.3, -0.25) is 4.79 Å². The van der Waals surface area contributed by atoms with Crippen LogP contribution in [-0.4, -0.2) is 29.5 Å². The lowest BCUT2D eigenvalue weighted by Crippen LogP contribution is -2.40. The van der Waals surface area contributed by atoms with Crippen molar-refractivity contribution < 1.29 is 27.5 Å². The summed E-state index contributed by atoms with van der Waals surface area (Å²) in [6.45, 7) is 1.47. The molecule has 1 aliphatic carbocycles. The van der Waals surface area contributed by atoms with Gasteiger partial charge in [-0.15, -0.1) is 0 Å². The number of amides is 1. The molecule has 0 radical (unpaired) electrons. The van der Waals surface area contributed by atoms with Crippen LogP contribution < -0.4 is 5.32 Å². The van der Waals surface area contributed by atoms with Crippen molar-refractivity contribution in [2.45, 2.75) is 55.2 Å². The van der Waals surface area contributed by atoms with E-state index in [2.05, 4.69) is 5.32 Å². The summed E-state index contributed by atoms with van der Waals surface area (Å²) in [6.07, 6.45) is 3.03. The lowest BCUT2D eigenvalue weighted by atomic mass is 10.2. The highest BCUT2D eigenvalue weighted by Gasteiger charge is 2.29. The third kappa shape index (κ3) is 5.74. The van der Waals surface area contributed by atoms with Crippen molar-refractivity contribution in [3.05, 3.63) is 29.8 Å². The molecule has 24 heavy (non-hydrogen) atoms. The summed E-state index contributed by atoms with van der Waals surface area (Å²) in [6, 6.07) is 5.00. The molecule has 1 unspecified atom stereocenters. The minimum atomic E-state index is -4.38. The second-order valence-electron chi connectivity index (χ2n) is 5.61. The largest absolute Gasteiger partial charge is 0.449 e. The van der Waals surface area contributed by atoms with Crippen molar-refractivity contribution in [2.75, 3.05) is 0 Å². The number of nitrogens with one attached hydrogen (secondary N) is 1. The van der Waals surface area contributed by atoms with Gasteiger partial charge in [-0.05, 0) is 55.8 Å². The molecule has 0 heterocycles. The Hall–Kier alpha value is -1.70. The molecule has 0 bridgehead atoms. The standard InChI is InChI=1S/C16H18F3NO3S/c1-10(14(21)20-12-4-2-3-5-12)23-15(22)11-6-8-13(9-7-11)24-16(17,18)19/h6-10,12H,2-5H2,1H3,(H,20,21). The van der Waals surface area contributed by atoms with E-state index in [0.29, 0.717) is 0 Å². The maximum Gasteiger partial charge on any atom is 0.446 e. The number of benzene rings is 1. The number of alkyl halides is 3. The van der Waals surface area contributed by atoms with Crippen LogP contribution in [-0.2, 0) is 9.53 Å². The molecule has 4 nitrogen and oxygen atoms in total. The van der Waals surface area contributed by atoms with Gasteiger partial charge < -0.3 is 10.1 Å². The fraction of sp³-hybridized carbons (Fsp3) is 0.500. The number of halogens is 3. The predicted molar refractivity (Wildman–Crippen MR) is 83.6 cm³/mol. The topological polar surface area (TPSA) is 55.4 Å². The van der Waals surface area contributed by atoms with Gasteiger partial charge in [0, 0.05) is 10.9 Å². The lowest BCUT2D eigenvalue weighted by Gasteiger charge is -2.17. The highest BCUT2D eigenvalue weighted by atomic mass is 32.2. The highest BCUT2D eigenvalue weighted by molar-refractivity contribution is 8.00. The maximum absolute atomic E-state index is 12.3. The van der Waals surface area contributed by atoms with Crippen LogP contribution in [0.25, 0.3) is 0 Å². The summed E-state index contributed by atoms with van der Waals surface area (Å²) in [5.41, 5.74) is -4.28. The number of carbonyl (C=O) groups excluding carboxylic acids is 2. The Morgan fingerprint density at radius 2 is 1.79 bits per heavy atom. The molecule has 1 atom stereocenters. The first-order valence-electron chi connectivity index (χ1n) is 7.62. The van der Waals surface area contributed by atoms with Crippen LogP contribution in [0.1, 0.15) is 43.0 Å². The molecule has 0 saturated heterocycles. The summed E-state index contributed by atoms with van der Waals surface area (Å²) in [5, 5.41) is 2.83. The number of thioether (sulfide) groups is 1. The van der Waals surface area contributed by atoms with E-state index in [1.54, 1.807) is 0 Å². The molecule has 1 aromatic rings. The molecule has 2 rings (SSSR count). The summed E-state index contributed by atoms with van der Waals surface area (Å²) in [4.78, 5) is 23.9. The van der Waals surface area contributed by atoms with Crippen LogP contribution in [0.15, 0.2) is 29.2 Å². The molecular weight excluding hydrogens is 343 g/mol. The molecule has 0 aromatic heterocycles. The Morgan fingerprint density at radius 1 is 1.21 bits per heavy atom. The van der Waals surface area contributed by atoms with E-state index in [0.717, 1.165) is 25.7 Å². The molecule has 1 saturated carbocycles. The average molecular weight is 361 g/mol. The van der Waals surface area contributed by atoms with Crippen LogP contribution in [0.3, 0.4) is 0 Å². The van der Waals surface area contributed by atoms with Crippen LogP contribution in [0, 0.1) is 0 Å². The van der Waals surface area contributed by atoms with Gasteiger partial charge in [0.15, 0.2) is 6.10 Å². The molecule has 1 aliphatic rings. The Kier molecular flexibility index (Phi) is 6.15. The van der Waals surface area contributed by atoms with Gasteiger partial charge in [0.25, 0.3) is 5.91 Å². The quantitative estimate of drug-likeness (QED) is 0.638. The van der Waals surface area contributed by atoms with Crippen molar-refractivity contribution >= 4 is 23.6 Å². The minimum Gasteiger partial charge on any atom is -0.449 e. The first-order valence-corrected chi connectivity index (χ1v) is 8.43. The Bertz CT molecular complexity index is 583. The van der Waals surface area contributed by atoms with Crippen LogP contribution in [0.2, 0.25) is 0 Å². The van der Waals surface area contributed by atoms with Crippen LogP contribution in [0.5, 0.6) is 0 Å². The van der Waals surface area contributed by atoms with Gasteiger partial charge in [-0.1, -0.05) is 12.8 Å². The zero-order chi connectivity index (χ0) is 17.7. The second-order valence-corrected chi connectivity index (χ2v) is 6.75. The zero-order valence-electron chi connectivity index (χ0n) is 13.1. The summed E-state index contributed by atoms with van der Waals surface area (Å²) >= 11 is -0.259. The SMILES string of the molecule is CC(OC(=O)c1ccc(SC(F)(F)F)cc1)C(=O)NC1CCCC1. The van der Waals surface area contributed by atoms with E-state index in [9.17, 15) is 22.8 Å². The van der Waals surface area contributed by atoms with Gasteiger partial charge in [-0.2, -0.15) is 13.2 Å². The van der Waals surface area contributed by atoms with Crippen molar-refractivity contribution in [1.82, 2.24) is 5.32 Å². The molecule has 0 aliphatic heterocycles. The second kappa shape index (κ2) is 7.92. The van der Waals surface area contributed by atoms with Crippen molar-refractivity contribution in [3.63, 3.8) is 0 Å². The predicted octanol–water partition coefficient (Wildman–Crippen LogP) is 3.90. The van der Waals surface area contributed by atoms with Crippen LogP contribution >= 0.6 is 11.8 Å². The number of ether oxygens (including phenoxy) is 1. The lowest BCUT2D eigenvalue weighted by molar-refractivity contribution is -0.129. The molecule has 132 valence electrons. The number of rotatable bonds is 5. The van der Waals surface area contributed by atoms with Gasteiger partial charge in [-0.25, -0.2) is 4.79 Å². The number of hydrogen-bond acceptors (Lipinski definition) is 4. The Labute approximate surface area is 142 Å². The first kappa shape index (κ1) is 18.6. The number of carbonyl (C=O) groups is 2. The van der Waals surface area contributed by atoms with E-state index in [1.165, 1.54) is 31.2 Å². The third-order valence-electron chi connectivity index (χ3n) is 3.68. The maximum atomic E-state index is 12.3. The first-order chi connectivity index (χ1) is 11.2. The van der Waals surface area contributed by atoms with Crippen molar-refractivity contribution in [3.8, 4) is 0 Å². The summed E-state index contributed by atoms with van der Waals surface area (Å²) in [7, 11) is 0. The monoisotopic (exact) mass is 361 g/mol. The van der Waals surface area contributed by atoms with Crippen molar-refractivity contribution in [2.24, 2.45) is 0 Å². The molecule has 8 heteroatoms. The van der Waals surface area contributed by atoms with E-state index < -0.39 is 17.6 Å². The fourth-order valence-electron chi connectivity index (χ4n) is 2.46. The molecule has 0 spiro atoms. The average Bonchev–Trinajstić information content (AvgIpc) is 2.99. The summed E-state index contributed by atoms with van der Waals surface area (Å²) in [5.74, 6) is -1.10. The van der Waals surface area contributed by atoms with E-state index in [4.69, 9.17) is 4.74 Å². The summed E-state index contributed by atoms with van der Waals surface area (Å²) < 4.78 is 41.8. The van der Waals surface area contributed by atoms with Crippen LogP contribution in [0.4, 0.5) is 13.2 Å². The van der Waals surface area contributed by atoms with E-state index in [1.807, 2.05) is 0 Å². The number of esters is 1. The molecule has 1 aromatic carbocycles.